The van der Waals surface area contributed by atoms with Gasteiger partial charge >= 0.3 is 0 Å². The summed E-state index contributed by atoms with van der Waals surface area (Å²) in [7, 11) is 0. The van der Waals surface area contributed by atoms with E-state index in [-0.39, 0.29) is 0 Å². The van der Waals surface area contributed by atoms with Crippen molar-refractivity contribution in [3.05, 3.63) is 24.5 Å². The van der Waals surface area contributed by atoms with Crippen LogP contribution in [0.15, 0.2) is 24.5 Å². The molecule has 8 N–H and O–H groups in total. The van der Waals surface area contributed by atoms with Gasteiger partial charge in [0.2, 0.25) is 0 Å². The second kappa shape index (κ2) is 11.8. The van der Waals surface area contributed by atoms with Crippen LogP contribution in [0.2, 0.25) is 0 Å². The van der Waals surface area contributed by atoms with Crippen LogP contribution in [0.1, 0.15) is 102 Å². The molecular weight excluding hydrogens is 558 g/mol. The third kappa shape index (κ3) is 4.93. The number of hydrogen-bond acceptors (Lipinski definition) is 8. The van der Waals surface area contributed by atoms with Crippen molar-refractivity contribution in [1.29, 1.82) is 0 Å². The molecule has 0 aromatic carbocycles. The monoisotopic (exact) mass is 617 g/mol. The zero-order chi connectivity index (χ0) is 29.5. The topological polar surface area (TPSA) is 101 Å². The van der Waals surface area contributed by atoms with E-state index in [1.165, 1.54) is 96.3 Å². The fourth-order valence-corrected chi connectivity index (χ4v) is 12.9. The number of aromatic nitrogens is 1. The van der Waals surface area contributed by atoms with Gasteiger partial charge in [-0.25, -0.2) is 0 Å². The highest BCUT2D eigenvalue weighted by molar-refractivity contribution is 5.10. The van der Waals surface area contributed by atoms with Crippen LogP contribution in [0, 0.1) is 47.3 Å². The van der Waals surface area contributed by atoms with E-state index >= 15 is 0 Å². The van der Waals surface area contributed by atoms with Gasteiger partial charge in [0, 0.05) is 24.4 Å². The van der Waals surface area contributed by atoms with E-state index in [0.717, 1.165) is 11.8 Å². The van der Waals surface area contributed by atoms with Gasteiger partial charge in [0.15, 0.2) is 0 Å². The zero-order valence-electron chi connectivity index (χ0n) is 27.2. The van der Waals surface area contributed by atoms with Crippen LogP contribution in [0.25, 0.3) is 0 Å². The van der Waals surface area contributed by atoms with Gasteiger partial charge in [0.05, 0.1) is 49.3 Å². The lowest BCUT2D eigenvalue weighted by Gasteiger charge is -2.40. The van der Waals surface area contributed by atoms with Gasteiger partial charge in [0.1, 0.15) is 0 Å². The Morgan fingerprint density at radius 1 is 0.333 bits per heavy atom. The van der Waals surface area contributed by atoms with E-state index in [9.17, 15) is 0 Å². The standard InChI is InChI=1S/C36H59N9/c1-2-11-21-20(10-1)29-37-30(21)39-32-24-14-5-6-15-25(24)34(41-32)43-36-28-26(16-9-17-27(28)45-18-7-8-19-45)35(44-36)42-33-23-13-4-3-12-22(23)31(38-29)40-33/h7-8,18-44H,1-6,9-17H2. The normalized spacial score (nSPS) is 54.2. The molecule has 17 unspecified atom stereocenters. The minimum Gasteiger partial charge on any atom is -0.351 e. The summed E-state index contributed by atoms with van der Waals surface area (Å²) >= 11 is 0. The maximum Gasteiger partial charge on any atom is 0.0648 e. The molecule has 1 aromatic heterocycles. The summed E-state index contributed by atoms with van der Waals surface area (Å²) in [6.07, 6.45) is 28.0. The smallest absolute Gasteiger partial charge is 0.0648 e. The van der Waals surface area contributed by atoms with Crippen LogP contribution in [0.4, 0.5) is 0 Å². The van der Waals surface area contributed by atoms with Gasteiger partial charge in [0.25, 0.3) is 0 Å². The van der Waals surface area contributed by atoms with Crippen molar-refractivity contribution in [3.63, 3.8) is 0 Å². The van der Waals surface area contributed by atoms with E-state index in [1.807, 2.05) is 0 Å². The number of hydrogen-bond donors (Lipinski definition) is 8. The van der Waals surface area contributed by atoms with Crippen molar-refractivity contribution in [1.82, 2.24) is 47.1 Å². The van der Waals surface area contributed by atoms with Gasteiger partial charge in [-0.1, -0.05) is 44.9 Å². The molecule has 4 aliphatic carbocycles. The van der Waals surface area contributed by atoms with Gasteiger partial charge < -0.3 is 4.57 Å². The van der Waals surface area contributed by atoms with Crippen molar-refractivity contribution >= 4 is 0 Å². The van der Waals surface area contributed by atoms with Crippen LogP contribution in [0.5, 0.6) is 0 Å². The second-order valence-electron chi connectivity index (χ2n) is 16.9. The molecule has 6 heterocycles. The Morgan fingerprint density at radius 3 is 1.02 bits per heavy atom. The van der Waals surface area contributed by atoms with Crippen molar-refractivity contribution in [2.24, 2.45) is 47.3 Å². The van der Waals surface area contributed by atoms with Gasteiger partial charge in [-0.3, -0.25) is 42.5 Å². The Balaban J connectivity index is 1.01. The second-order valence-corrected chi connectivity index (χ2v) is 16.9. The summed E-state index contributed by atoms with van der Waals surface area (Å²) in [6.45, 7) is 0. The first kappa shape index (κ1) is 28.9. The van der Waals surface area contributed by atoms with E-state index in [0.29, 0.717) is 90.9 Å². The molecule has 5 saturated heterocycles. The lowest BCUT2D eigenvalue weighted by atomic mass is 9.74. The van der Waals surface area contributed by atoms with Crippen LogP contribution < -0.4 is 42.5 Å². The number of nitrogens with zero attached hydrogens (tertiary/aromatic N) is 1. The maximum atomic E-state index is 4.34. The van der Waals surface area contributed by atoms with Crippen LogP contribution in [-0.4, -0.2) is 53.9 Å². The van der Waals surface area contributed by atoms with Crippen LogP contribution in [0.3, 0.4) is 0 Å². The predicted octanol–water partition coefficient (Wildman–Crippen LogP) is 3.26. The van der Waals surface area contributed by atoms with Gasteiger partial charge in [-0.2, -0.15) is 0 Å². The van der Waals surface area contributed by atoms with Crippen LogP contribution >= 0.6 is 0 Å². The summed E-state index contributed by atoms with van der Waals surface area (Å²) in [6, 6.07) is 5.00. The SMILES string of the molecule is c1ccn(C2CCCC3C4NC5NC(NC6NC(NC7NC(NC(N4)C32)C2CCCCC72)C2CCCCC62)C2CCCCC52)c1. The maximum absolute atomic E-state index is 4.34. The molecule has 9 fully saturated rings. The molecule has 0 amide bonds. The van der Waals surface area contributed by atoms with E-state index in [1.54, 1.807) is 0 Å². The summed E-state index contributed by atoms with van der Waals surface area (Å²) in [5, 5.41) is 34.1. The predicted molar refractivity (Wildman–Crippen MR) is 176 cm³/mol. The largest absolute Gasteiger partial charge is 0.351 e. The number of fused-ring (bicyclic) bond motifs is 20. The lowest BCUT2D eigenvalue weighted by molar-refractivity contribution is 0.127. The average molecular weight is 618 g/mol. The Kier molecular flexibility index (Phi) is 7.60. The zero-order valence-corrected chi connectivity index (χ0v) is 27.2. The molecule has 0 radical (unpaired) electrons. The molecule has 9 nitrogen and oxygen atoms in total. The Bertz CT molecular complexity index is 1180. The highest BCUT2D eigenvalue weighted by atomic mass is 15.4. The number of rotatable bonds is 1. The Hall–Kier alpha value is -1.04. The minimum atomic E-state index is 0.307. The molecule has 8 bridgehead atoms. The van der Waals surface area contributed by atoms with Crippen molar-refractivity contribution < 1.29 is 0 Å². The Morgan fingerprint density at radius 2 is 0.644 bits per heavy atom. The van der Waals surface area contributed by atoms with Crippen molar-refractivity contribution in [2.75, 3.05) is 0 Å². The van der Waals surface area contributed by atoms with Crippen molar-refractivity contribution in [3.8, 4) is 0 Å². The average Bonchev–Trinajstić information content (AvgIpc) is 3.91. The summed E-state index contributed by atoms with van der Waals surface area (Å²) < 4.78 is 2.54. The molecule has 17 atom stereocenters. The van der Waals surface area contributed by atoms with E-state index in [4.69, 9.17) is 0 Å². The number of nitrogens with one attached hydrogen (secondary N) is 8. The summed E-state index contributed by atoms with van der Waals surface area (Å²) in [5.74, 6) is 5.50. The van der Waals surface area contributed by atoms with Gasteiger partial charge in [-0.15, -0.1) is 0 Å². The summed E-state index contributed by atoms with van der Waals surface area (Å²) in [5.41, 5.74) is 0. The summed E-state index contributed by atoms with van der Waals surface area (Å²) in [4.78, 5) is 0. The quantitative estimate of drug-likeness (QED) is 0.243. The first-order chi connectivity index (χ1) is 22.3. The highest BCUT2D eigenvalue weighted by Gasteiger charge is 2.55. The molecule has 5 aliphatic heterocycles. The van der Waals surface area contributed by atoms with E-state index in [2.05, 4.69) is 71.6 Å². The highest BCUT2D eigenvalue weighted by Crippen LogP contribution is 2.48. The molecule has 9 heteroatoms. The Labute approximate surface area is 270 Å². The molecule has 45 heavy (non-hydrogen) atoms. The fraction of sp³-hybridized carbons (Fsp3) is 0.889. The first-order valence-electron chi connectivity index (χ1n) is 19.5. The first-order valence-corrected chi connectivity index (χ1v) is 19.5. The molecule has 1 aromatic rings. The minimum absolute atomic E-state index is 0.307. The molecule has 4 saturated carbocycles. The third-order valence-electron chi connectivity index (χ3n) is 14.9. The third-order valence-corrected chi connectivity index (χ3v) is 14.9. The molecule has 0 spiro atoms. The van der Waals surface area contributed by atoms with Crippen LogP contribution in [-0.2, 0) is 0 Å². The lowest BCUT2D eigenvalue weighted by Crippen LogP contribution is -2.61. The molecule has 248 valence electrons. The molecule has 10 rings (SSSR count). The van der Waals surface area contributed by atoms with Gasteiger partial charge in [-0.05, 0) is 105 Å². The van der Waals surface area contributed by atoms with Crippen molar-refractivity contribution in [2.45, 2.75) is 152 Å². The fourth-order valence-electron chi connectivity index (χ4n) is 12.9. The molecule has 9 aliphatic rings. The van der Waals surface area contributed by atoms with E-state index < -0.39 is 0 Å². The molecular formula is C36H59N9.